The summed E-state index contributed by atoms with van der Waals surface area (Å²) in [5.74, 6) is 0.615. The molecule has 3 rings (SSSR count). The van der Waals surface area contributed by atoms with Gasteiger partial charge in [-0.2, -0.15) is 0 Å². The van der Waals surface area contributed by atoms with Gasteiger partial charge in [-0.1, -0.05) is 0 Å². The average molecular weight is 410 g/mol. The first kappa shape index (κ1) is 21.7. The summed E-state index contributed by atoms with van der Waals surface area (Å²) in [4.78, 5) is 6.31. The van der Waals surface area contributed by atoms with Crippen LogP contribution in [0.3, 0.4) is 0 Å². The molecule has 0 unspecified atom stereocenters. The van der Waals surface area contributed by atoms with E-state index in [0.717, 1.165) is 24.9 Å². The third kappa shape index (κ3) is 4.59. The standard InChI is InChI=1S/C22H31N7O/c1-21(2)10-15(11-22(3,4)28-21)29(5)19-9-8-18(26-27-19)16-6-7-17(25-20(16)30)14(12-23)13-24/h6-9,12-13,15,23,28H,10-11,24H2,1-5H3,(H,25,30)/b14-13+,23-12?. The number of pyridine rings is 1. The van der Waals surface area contributed by atoms with Gasteiger partial charge in [0, 0.05) is 42.2 Å². The monoisotopic (exact) mass is 409 g/mol. The van der Waals surface area contributed by atoms with Crippen LogP contribution in [0.4, 0.5) is 5.82 Å². The topological polar surface area (TPSA) is 124 Å². The van der Waals surface area contributed by atoms with Gasteiger partial charge in [-0.25, -0.2) is 4.98 Å². The van der Waals surface area contributed by atoms with Crippen LogP contribution in [0.15, 0.2) is 30.5 Å². The van der Waals surface area contributed by atoms with Crippen molar-refractivity contribution in [2.45, 2.75) is 57.7 Å². The first-order chi connectivity index (χ1) is 14.0. The Morgan fingerprint density at radius 1 is 1.17 bits per heavy atom. The molecule has 160 valence electrons. The highest BCUT2D eigenvalue weighted by atomic mass is 16.3. The van der Waals surface area contributed by atoms with Crippen molar-refractivity contribution in [3.63, 3.8) is 0 Å². The maximum atomic E-state index is 10.3. The highest BCUT2D eigenvalue weighted by Gasteiger charge is 2.39. The zero-order valence-corrected chi connectivity index (χ0v) is 18.3. The van der Waals surface area contributed by atoms with E-state index in [9.17, 15) is 5.11 Å². The maximum absolute atomic E-state index is 10.3. The molecule has 0 aliphatic carbocycles. The minimum absolute atomic E-state index is 0.0422. The van der Waals surface area contributed by atoms with Crippen molar-refractivity contribution in [3.05, 3.63) is 36.2 Å². The Balaban J connectivity index is 1.82. The molecule has 1 aliphatic rings. The van der Waals surface area contributed by atoms with Gasteiger partial charge in [0.15, 0.2) is 5.82 Å². The van der Waals surface area contributed by atoms with Gasteiger partial charge < -0.3 is 26.5 Å². The van der Waals surface area contributed by atoms with Crippen LogP contribution >= 0.6 is 0 Å². The fourth-order valence-corrected chi connectivity index (χ4v) is 4.40. The lowest BCUT2D eigenvalue weighted by molar-refractivity contribution is 0.160. The number of aromatic nitrogens is 3. The first-order valence-electron chi connectivity index (χ1n) is 10.0. The smallest absolute Gasteiger partial charge is 0.221 e. The number of hydrogen-bond acceptors (Lipinski definition) is 8. The first-order valence-corrected chi connectivity index (χ1v) is 10.0. The van der Waals surface area contributed by atoms with Crippen molar-refractivity contribution >= 4 is 17.6 Å². The fourth-order valence-electron chi connectivity index (χ4n) is 4.40. The van der Waals surface area contributed by atoms with Gasteiger partial charge in [0.1, 0.15) is 0 Å². The van der Waals surface area contributed by atoms with Crippen LogP contribution in [-0.2, 0) is 0 Å². The summed E-state index contributed by atoms with van der Waals surface area (Å²) < 4.78 is 0. The Morgan fingerprint density at radius 3 is 2.33 bits per heavy atom. The lowest BCUT2D eigenvalue weighted by Crippen LogP contribution is -2.62. The fraction of sp³-hybridized carbons (Fsp3) is 0.455. The number of nitrogens with two attached hydrogens (primary N) is 1. The normalized spacial score (nSPS) is 18.8. The predicted molar refractivity (Wildman–Crippen MR) is 121 cm³/mol. The average Bonchev–Trinajstić information content (AvgIpc) is 2.66. The van der Waals surface area contributed by atoms with E-state index in [1.165, 1.54) is 6.20 Å². The van der Waals surface area contributed by atoms with E-state index in [1.54, 1.807) is 12.1 Å². The van der Waals surface area contributed by atoms with Gasteiger partial charge >= 0.3 is 0 Å². The van der Waals surface area contributed by atoms with Crippen LogP contribution in [0.25, 0.3) is 16.8 Å². The molecule has 0 spiro atoms. The van der Waals surface area contributed by atoms with E-state index >= 15 is 0 Å². The molecule has 1 fully saturated rings. The largest absolute Gasteiger partial charge is 0.493 e. The number of piperidine rings is 1. The second-order valence-corrected chi connectivity index (χ2v) is 9.18. The highest BCUT2D eigenvalue weighted by molar-refractivity contribution is 6.07. The van der Waals surface area contributed by atoms with Crippen LogP contribution in [0.1, 0.15) is 46.2 Å². The van der Waals surface area contributed by atoms with Gasteiger partial charge in [0.2, 0.25) is 5.88 Å². The summed E-state index contributed by atoms with van der Waals surface area (Å²) in [5.41, 5.74) is 7.43. The van der Waals surface area contributed by atoms with E-state index in [-0.39, 0.29) is 17.0 Å². The maximum Gasteiger partial charge on any atom is 0.221 e. The van der Waals surface area contributed by atoms with E-state index in [2.05, 4.69) is 60.1 Å². The summed E-state index contributed by atoms with van der Waals surface area (Å²) in [5, 5.41) is 30.1. The van der Waals surface area contributed by atoms with Crippen LogP contribution in [0.5, 0.6) is 5.88 Å². The van der Waals surface area contributed by atoms with Gasteiger partial charge in [-0.05, 0) is 64.8 Å². The number of anilines is 1. The van der Waals surface area contributed by atoms with E-state index in [4.69, 9.17) is 11.1 Å². The number of aromatic hydroxyl groups is 1. The molecule has 0 bridgehead atoms. The Kier molecular flexibility index (Phi) is 5.81. The lowest BCUT2D eigenvalue weighted by Gasteiger charge is -2.49. The van der Waals surface area contributed by atoms with Gasteiger partial charge in [-0.3, -0.25) is 0 Å². The Labute approximate surface area is 177 Å². The molecule has 0 aromatic carbocycles. The van der Waals surface area contributed by atoms with E-state index in [0.29, 0.717) is 28.6 Å². The highest BCUT2D eigenvalue weighted by Crippen LogP contribution is 2.33. The van der Waals surface area contributed by atoms with Crippen molar-refractivity contribution in [2.75, 3.05) is 11.9 Å². The molecule has 0 atom stereocenters. The van der Waals surface area contributed by atoms with Crippen LogP contribution in [-0.4, -0.2) is 50.7 Å². The molecule has 8 heteroatoms. The Morgan fingerprint density at radius 2 is 1.83 bits per heavy atom. The van der Waals surface area contributed by atoms with Crippen LogP contribution in [0.2, 0.25) is 0 Å². The number of hydrogen-bond donors (Lipinski definition) is 4. The molecule has 0 saturated carbocycles. The number of allylic oxidation sites excluding steroid dienone is 1. The third-order valence-corrected chi connectivity index (χ3v) is 5.51. The molecular formula is C22H31N7O. The quantitative estimate of drug-likeness (QED) is 0.560. The zero-order chi connectivity index (χ0) is 22.1. The minimum Gasteiger partial charge on any atom is -0.493 e. The molecule has 0 amide bonds. The van der Waals surface area contributed by atoms with Gasteiger partial charge in [0.05, 0.1) is 17.0 Å². The molecule has 3 heterocycles. The second-order valence-electron chi connectivity index (χ2n) is 9.18. The van der Waals surface area contributed by atoms with E-state index < -0.39 is 0 Å². The summed E-state index contributed by atoms with van der Waals surface area (Å²) in [6.07, 6.45) is 4.39. The molecular weight excluding hydrogens is 378 g/mol. The molecule has 5 N–H and O–H groups in total. The number of rotatable bonds is 5. The lowest BCUT2D eigenvalue weighted by atomic mass is 9.79. The van der Waals surface area contributed by atoms with Crippen molar-refractivity contribution in [2.24, 2.45) is 5.73 Å². The molecule has 2 aromatic rings. The van der Waals surface area contributed by atoms with Gasteiger partial charge in [0.25, 0.3) is 0 Å². The summed E-state index contributed by atoms with van der Waals surface area (Å²) in [6.45, 7) is 8.92. The Hall–Kier alpha value is -3.00. The summed E-state index contributed by atoms with van der Waals surface area (Å²) >= 11 is 0. The summed E-state index contributed by atoms with van der Waals surface area (Å²) in [6, 6.07) is 7.49. The molecule has 30 heavy (non-hydrogen) atoms. The number of nitrogens with one attached hydrogen (secondary N) is 2. The van der Waals surface area contributed by atoms with Crippen LogP contribution < -0.4 is 16.0 Å². The third-order valence-electron chi connectivity index (χ3n) is 5.51. The van der Waals surface area contributed by atoms with Crippen molar-refractivity contribution in [3.8, 4) is 17.1 Å². The van der Waals surface area contributed by atoms with Crippen molar-refractivity contribution in [1.82, 2.24) is 20.5 Å². The SMILES string of the molecule is CN(c1ccc(-c2ccc(/C(C=N)=C/N)nc2O)nn1)C1CC(C)(C)NC(C)(C)C1. The van der Waals surface area contributed by atoms with Crippen molar-refractivity contribution < 1.29 is 5.11 Å². The zero-order valence-electron chi connectivity index (χ0n) is 18.3. The molecule has 8 nitrogen and oxygen atoms in total. The van der Waals surface area contributed by atoms with Gasteiger partial charge in [-0.15, -0.1) is 10.2 Å². The molecule has 0 radical (unpaired) electrons. The second kappa shape index (κ2) is 8.02. The molecule has 2 aromatic heterocycles. The molecule has 1 saturated heterocycles. The van der Waals surface area contributed by atoms with E-state index in [1.807, 2.05) is 12.1 Å². The predicted octanol–water partition coefficient (Wildman–Crippen LogP) is 2.94. The Bertz CT molecular complexity index is 934. The van der Waals surface area contributed by atoms with Crippen molar-refractivity contribution in [1.29, 1.82) is 5.41 Å². The van der Waals surface area contributed by atoms with Crippen LogP contribution in [0, 0.1) is 5.41 Å². The summed E-state index contributed by atoms with van der Waals surface area (Å²) in [7, 11) is 2.05. The minimum atomic E-state index is -0.175. The molecule has 1 aliphatic heterocycles. The number of nitrogens with zero attached hydrogens (tertiary/aromatic N) is 4.